The second-order valence-corrected chi connectivity index (χ2v) is 9.48. The maximum Gasteiger partial charge on any atom is 0.261 e. The number of halogens is 2. The molecule has 0 atom stereocenters. The number of hydrogen-bond acceptors (Lipinski definition) is 4. The summed E-state index contributed by atoms with van der Waals surface area (Å²) in [6, 6.07) is 14.6. The lowest BCUT2D eigenvalue weighted by Crippen LogP contribution is -3.00. The number of rotatable bonds is 8. The third kappa shape index (κ3) is 6.20. The van der Waals surface area contributed by atoms with E-state index in [1.54, 1.807) is 0 Å². The Morgan fingerprint density at radius 1 is 1.03 bits per heavy atom. The Balaban J connectivity index is 0.00000193. The highest BCUT2D eigenvalue weighted by molar-refractivity contribution is 6.11. The summed E-state index contributed by atoms with van der Waals surface area (Å²) in [4.78, 5) is 2.17. The lowest BCUT2D eigenvalue weighted by atomic mass is 10.1. The molecular weight excluding hydrogens is 642 g/mol. The standard InChI is InChI=1S/C25H33N4O2.2HI/c1-27(2)14-13-26-23-19-9-7-8-10-21(19)28(3)24-20-17-18(30-16-15-29(4,5)6)11-12-22(20)31-25(23)24;;/h7-12,17H,13-16H2,1-6H3;2*1H/q+1;;/p-1. The van der Waals surface area contributed by atoms with E-state index in [1.807, 2.05) is 12.1 Å². The smallest absolute Gasteiger partial charge is 0.261 e. The number of nitrogens with zero attached hydrogens (tertiary/aromatic N) is 3. The van der Waals surface area contributed by atoms with Crippen molar-refractivity contribution in [3.63, 3.8) is 0 Å². The summed E-state index contributed by atoms with van der Waals surface area (Å²) in [6.07, 6.45) is 0. The van der Waals surface area contributed by atoms with Crippen molar-refractivity contribution in [1.82, 2.24) is 4.90 Å². The highest BCUT2D eigenvalue weighted by Crippen LogP contribution is 2.37. The summed E-state index contributed by atoms with van der Waals surface area (Å²) < 4.78 is 15.6. The van der Waals surface area contributed by atoms with Crippen molar-refractivity contribution in [3.05, 3.63) is 42.5 Å². The lowest BCUT2D eigenvalue weighted by Gasteiger charge is -2.23. The van der Waals surface area contributed by atoms with Crippen LogP contribution < -0.4 is 62.6 Å². The van der Waals surface area contributed by atoms with E-state index in [0.29, 0.717) is 6.61 Å². The molecule has 8 heteroatoms. The molecule has 0 radical (unpaired) electrons. The highest BCUT2D eigenvalue weighted by atomic mass is 127. The Morgan fingerprint density at radius 3 is 2.45 bits per heavy atom. The maximum atomic E-state index is 6.39. The number of aromatic nitrogens is 1. The van der Waals surface area contributed by atoms with Crippen molar-refractivity contribution in [1.29, 1.82) is 0 Å². The van der Waals surface area contributed by atoms with Gasteiger partial charge in [-0.25, -0.2) is 0 Å². The number of furan rings is 1. The quantitative estimate of drug-likeness (QED) is 0.129. The van der Waals surface area contributed by atoms with Crippen molar-refractivity contribution < 1.29 is 66.2 Å². The largest absolute Gasteiger partial charge is 1.00 e. The van der Waals surface area contributed by atoms with E-state index in [4.69, 9.17) is 9.15 Å². The molecule has 180 valence electrons. The predicted octanol–water partition coefficient (Wildman–Crippen LogP) is -2.37. The molecule has 0 unspecified atom stereocenters. The molecule has 6 nitrogen and oxygen atoms in total. The van der Waals surface area contributed by atoms with Gasteiger partial charge in [0, 0.05) is 19.2 Å². The van der Waals surface area contributed by atoms with Crippen LogP contribution in [0.1, 0.15) is 0 Å². The molecule has 0 aliphatic carbocycles. The molecule has 4 rings (SSSR count). The van der Waals surface area contributed by atoms with Crippen molar-refractivity contribution >= 4 is 38.7 Å². The number of quaternary nitrogens is 1. The SMILES string of the molecule is CN(C)CCNc1c2ccccc2[n+](C)c2c1oc1ccc(OCC[N+](C)(C)C)cc12.[I-].[I-]. The van der Waals surface area contributed by atoms with Crippen LogP contribution in [0.15, 0.2) is 46.9 Å². The van der Waals surface area contributed by atoms with Gasteiger partial charge in [-0.2, -0.15) is 4.57 Å². The average molecular weight is 676 g/mol. The highest BCUT2D eigenvalue weighted by Gasteiger charge is 2.24. The van der Waals surface area contributed by atoms with Crippen LogP contribution in [0.4, 0.5) is 5.69 Å². The number of benzene rings is 2. The number of hydrogen-bond donors (Lipinski definition) is 1. The number of aryl methyl sites for hydroxylation is 1. The molecule has 33 heavy (non-hydrogen) atoms. The van der Waals surface area contributed by atoms with Gasteiger partial charge >= 0.3 is 0 Å². The van der Waals surface area contributed by atoms with Gasteiger partial charge in [0.15, 0.2) is 0 Å². The number of pyridine rings is 1. The summed E-state index contributed by atoms with van der Waals surface area (Å²) in [7, 11) is 12.8. The van der Waals surface area contributed by atoms with E-state index >= 15 is 0 Å². The van der Waals surface area contributed by atoms with Gasteiger partial charge in [0.25, 0.3) is 5.52 Å². The van der Waals surface area contributed by atoms with Crippen molar-refractivity contribution in [2.75, 3.05) is 66.8 Å². The second-order valence-electron chi connectivity index (χ2n) is 9.48. The zero-order chi connectivity index (χ0) is 22.2. The number of para-hydroxylation sites is 1. The van der Waals surface area contributed by atoms with Gasteiger partial charge in [-0.05, 0) is 38.4 Å². The normalized spacial score (nSPS) is 11.6. The van der Waals surface area contributed by atoms with Gasteiger partial charge in [0.1, 0.15) is 31.5 Å². The van der Waals surface area contributed by atoms with Gasteiger partial charge in [-0.3, -0.25) is 0 Å². The van der Waals surface area contributed by atoms with Crippen LogP contribution in [0.3, 0.4) is 0 Å². The van der Waals surface area contributed by atoms with E-state index in [9.17, 15) is 0 Å². The first-order chi connectivity index (χ1) is 14.7. The van der Waals surface area contributed by atoms with E-state index < -0.39 is 0 Å². The molecule has 0 saturated heterocycles. The van der Waals surface area contributed by atoms with E-state index in [-0.39, 0.29) is 48.0 Å². The first-order valence-corrected chi connectivity index (χ1v) is 10.8. The zero-order valence-corrected chi connectivity index (χ0v) is 24.6. The Bertz CT molecular complexity index is 1230. The van der Waals surface area contributed by atoms with Crippen molar-refractivity contribution in [2.45, 2.75) is 0 Å². The molecule has 2 aromatic carbocycles. The van der Waals surface area contributed by atoms with Crippen molar-refractivity contribution in [3.8, 4) is 5.75 Å². The third-order valence-electron chi connectivity index (χ3n) is 5.62. The fourth-order valence-electron chi connectivity index (χ4n) is 3.89. The molecule has 4 aromatic rings. The molecule has 0 saturated carbocycles. The topological polar surface area (TPSA) is 41.5 Å². The summed E-state index contributed by atoms with van der Waals surface area (Å²) in [5.74, 6) is 0.874. The summed E-state index contributed by atoms with van der Waals surface area (Å²) in [5.41, 5.74) is 5.06. The van der Waals surface area contributed by atoms with Gasteiger partial charge < -0.3 is 71.8 Å². The van der Waals surface area contributed by atoms with E-state index in [0.717, 1.165) is 63.0 Å². The Labute approximate surface area is 230 Å². The molecule has 0 bridgehead atoms. The third-order valence-corrected chi connectivity index (χ3v) is 5.62. The molecule has 0 aliphatic rings. The summed E-state index contributed by atoms with van der Waals surface area (Å²) in [6.45, 7) is 3.41. The number of ether oxygens (including phenoxy) is 1. The van der Waals surface area contributed by atoms with Crippen LogP contribution in [-0.4, -0.2) is 70.9 Å². The lowest BCUT2D eigenvalue weighted by molar-refractivity contribution is -0.870. The van der Waals surface area contributed by atoms with Crippen LogP contribution in [-0.2, 0) is 7.05 Å². The molecule has 0 spiro atoms. The van der Waals surface area contributed by atoms with Gasteiger partial charge in [0.2, 0.25) is 11.1 Å². The Morgan fingerprint density at radius 2 is 1.76 bits per heavy atom. The minimum Gasteiger partial charge on any atom is -1.00 e. The molecule has 2 aromatic heterocycles. The maximum absolute atomic E-state index is 6.39. The first-order valence-electron chi connectivity index (χ1n) is 10.8. The molecule has 0 amide bonds. The molecule has 2 heterocycles. The predicted molar refractivity (Wildman–Crippen MR) is 128 cm³/mol. The van der Waals surface area contributed by atoms with E-state index in [2.05, 4.69) is 87.4 Å². The fourth-order valence-corrected chi connectivity index (χ4v) is 3.89. The first kappa shape index (κ1) is 27.9. The van der Waals surface area contributed by atoms with Crippen LogP contribution in [0.2, 0.25) is 0 Å². The molecule has 1 N–H and O–H groups in total. The van der Waals surface area contributed by atoms with Gasteiger partial charge in [-0.15, -0.1) is 0 Å². The summed E-state index contributed by atoms with van der Waals surface area (Å²) >= 11 is 0. The molecular formula is C25H34I2N4O2. The Kier molecular flexibility index (Phi) is 9.60. The van der Waals surface area contributed by atoms with Crippen molar-refractivity contribution in [2.24, 2.45) is 7.05 Å². The molecule has 0 aliphatic heterocycles. The minimum atomic E-state index is 0. The summed E-state index contributed by atoms with van der Waals surface area (Å²) in [5, 5.41) is 5.87. The van der Waals surface area contributed by atoms with Gasteiger partial charge in [0.05, 0.1) is 37.6 Å². The van der Waals surface area contributed by atoms with Crippen LogP contribution in [0.5, 0.6) is 5.75 Å². The monoisotopic (exact) mass is 676 g/mol. The Hall–Kier alpha value is -1.37. The zero-order valence-electron chi connectivity index (χ0n) is 20.3. The minimum absolute atomic E-state index is 0. The van der Waals surface area contributed by atoms with Crippen LogP contribution >= 0.6 is 0 Å². The van der Waals surface area contributed by atoms with Crippen LogP contribution in [0.25, 0.3) is 33.0 Å². The van der Waals surface area contributed by atoms with Crippen LogP contribution in [0, 0.1) is 0 Å². The number of fused-ring (bicyclic) bond motifs is 4. The number of likely N-dealkylation sites (N-methyl/N-ethyl adjacent to an activating group) is 2. The molecule has 0 fully saturated rings. The average Bonchev–Trinajstić information content (AvgIpc) is 3.08. The van der Waals surface area contributed by atoms with Gasteiger partial charge in [-0.1, -0.05) is 12.1 Å². The second kappa shape index (κ2) is 11.4. The number of anilines is 1. The number of nitrogens with one attached hydrogen (secondary N) is 1. The van der Waals surface area contributed by atoms with E-state index in [1.165, 1.54) is 5.52 Å². The fraction of sp³-hybridized carbons (Fsp3) is 0.400.